The van der Waals surface area contributed by atoms with E-state index in [1.807, 2.05) is 30.5 Å². The Morgan fingerprint density at radius 3 is 2.79 bits per heavy atom. The lowest BCUT2D eigenvalue weighted by molar-refractivity contribution is 0.802. The molecule has 1 aromatic heterocycles. The molecule has 0 spiro atoms. The number of hydrogen-bond acceptors (Lipinski definition) is 1. The van der Waals surface area contributed by atoms with Crippen LogP contribution in [-0.2, 0) is 6.54 Å². The number of benzene rings is 1. The maximum Gasteiger partial charge on any atom is 0.189 e. The molecule has 2 aromatic rings. The van der Waals surface area contributed by atoms with E-state index in [1.165, 1.54) is 0 Å². The van der Waals surface area contributed by atoms with Crippen LogP contribution in [0, 0.1) is 0 Å². The van der Waals surface area contributed by atoms with E-state index in [0.29, 0.717) is 0 Å². The summed E-state index contributed by atoms with van der Waals surface area (Å²) in [6.45, 7) is 0.876. The third-order valence-corrected chi connectivity index (χ3v) is 2.56. The number of alkyl halides is 1. The van der Waals surface area contributed by atoms with Crippen LogP contribution in [0.2, 0.25) is 0 Å². The molecule has 0 bridgehead atoms. The highest BCUT2D eigenvalue weighted by atomic mass is 79.9. The third kappa shape index (κ3) is 1.60. The third-order valence-electron chi connectivity index (χ3n) is 2.21. The van der Waals surface area contributed by atoms with Gasteiger partial charge in [0.05, 0.1) is 5.52 Å². The Hall–Kier alpha value is -1.09. The number of aryl methyl sites for hydroxylation is 1. The zero-order valence-electron chi connectivity index (χ0n) is 7.61. The number of nitrogens with zero attached hydrogens (tertiary/aromatic N) is 1. The zero-order valence-corrected chi connectivity index (χ0v) is 9.20. The van der Waals surface area contributed by atoms with Gasteiger partial charge < -0.3 is 4.57 Å². The van der Waals surface area contributed by atoms with Gasteiger partial charge in [0.15, 0.2) is 5.43 Å². The largest absolute Gasteiger partial charge is 0.346 e. The van der Waals surface area contributed by atoms with E-state index in [-0.39, 0.29) is 5.43 Å². The molecule has 0 aliphatic rings. The number of aromatic nitrogens is 1. The molecule has 1 aromatic carbocycles. The fraction of sp³-hybridized carbons (Fsp3) is 0.182. The van der Waals surface area contributed by atoms with Gasteiger partial charge >= 0.3 is 0 Å². The van der Waals surface area contributed by atoms with Crippen molar-refractivity contribution in [1.82, 2.24) is 4.57 Å². The smallest absolute Gasteiger partial charge is 0.189 e. The van der Waals surface area contributed by atoms with Crippen molar-refractivity contribution in [3.8, 4) is 0 Å². The first-order valence-corrected chi connectivity index (χ1v) is 5.59. The lowest BCUT2D eigenvalue weighted by Gasteiger charge is -2.07. The van der Waals surface area contributed by atoms with Crippen molar-refractivity contribution < 1.29 is 0 Å². The topological polar surface area (TPSA) is 22.0 Å². The predicted molar refractivity (Wildman–Crippen MR) is 62.0 cm³/mol. The molecule has 2 rings (SSSR count). The normalized spacial score (nSPS) is 10.6. The van der Waals surface area contributed by atoms with E-state index in [0.717, 1.165) is 22.8 Å². The van der Waals surface area contributed by atoms with E-state index in [1.54, 1.807) is 6.07 Å². The molecule has 0 unspecified atom stereocenters. The van der Waals surface area contributed by atoms with Crippen molar-refractivity contribution in [1.29, 1.82) is 0 Å². The number of rotatable bonds is 2. The van der Waals surface area contributed by atoms with Gasteiger partial charge in [-0.05, 0) is 12.1 Å². The van der Waals surface area contributed by atoms with Crippen molar-refractivity contribution in [2.45, 2.75) is 6.54 Å². The second kappa shape index (κ2) is 3.96. The summed E-state index contributed by atoms with van der Waals surface area (Å²) >= 11 is 3.39. The number of fused-ring (bicyclic) bond motifs is 1. The summed E-state index contributed by atoms with van der Waals surface area (Å²) in [6, 6.07) is 9.29. The Balaban J connectivity index is 2.75. The SMILES string of the molecule is O=c1ccn(CCBr)c2ccccc12. The first-order chi connectivity index (χ1) is 6.83. The Morgan fingerprint density at radius 2 is 2.00 bits per heavy atom. The first-order valence-electron chi connectivity index (χ1n) is 4.47. The van der Waals surface area contributed by atoms with Gasteiger partial charge in [0.1, 0.15) is 0 Å². The zero-order chi connectivity index (χ0) is 9.97. The standard InChI is InChI=1S/C11H10BrNO/c12-6-8-13-7-5-11(14)9-3-1-2-4-10(9)13/h1-5,7H,6,8H2. The van der Waals surface area contributed by atoms with Crippen LogP contribution in [0.15, 0.2) is 41.3 Å². The van der Waals surface area contributed by atoms with Crippen molar-refractivity contribution >= 4 is 26.8 Å². The van der Waals surface area contributed by atoms with E-state index in [2.05, 4.69) is 20.5 Å². The Labute approximate surface area is 90.3 Å². The molecule has 0 aliphatic carbocycles. The van der Waals surface area contributed by atoms with Crippen LogP contribution in [0.3, 0.4) is 0 Å². The van der Waals surface area contributed by atoms with Crippen LogP contribution in [0.5, 0.6) is 0 Å². The highest BCUT2D eigenvalue weighted by molar-refractivity contribution is 9.09. The van der Waals surface area contributed by atoms with Gasteiger partial charge in [-0.3, -0.25) is 4.79 Å². The summed E-state index contributed by atoms with van der Waals surface area (Å²) in [5, 5.41) is 1.68. The highest BCUT2D eigenvalue weighted by Crippen LogP contribution is 2.09. The van der Waals surface area contributed by atoms with Gasteiger partial charge in [-0.2, -0.15) is 0 Å². The number of pyridine rings is 1. The van der Waals surface area contributed by atoms with E-state index in [9.17, 15) is 4.79 Å². The summed E-state index contributed by atoms with van der Waals surface area (Å²) in [4.78, 5) is 11.5. The van der Waals surface area contributed by atoms with Crippen molar-refractivity contribution in [3.63, 3.8) is 0 Å². The lowest BCUT2D eigenvalue weighted by Crippen LogP contribution is -2.08. The predicted octanol–water partition coefficient (Wildman–Crippen LogP) is 2.40. The highest BCUT2D eigenvalue weighted by Gasteiger charge is 1.99. The second-order valence-corrected chi connectivity index (χ2v) is 3.87. The van der Waals surface area contributed by atoms with Gasteiger partial charge in [-0.25, -0.2) is 0 Å². The quantitative estimate of drug-likeness (QED) is 0.752. The summed E-state index contributed by atoms with van der Waals surface area (Å²) in [5.41, 5.74) is 1.09. The van der Waals surface area contributed by atoms with E-state index in [4.69, 9.17) is 0 Å². The molecule has 0 saturated heterocycles. The van der Waals surface area contributed by atoms with Gasteiger partial charge in [0.25, 0.3) is 0 Å². The van der Waals surface area contributed by atoms with Crippen molar-refractivity contribution in [3.05, 3.63) is 46.8 Å². The molecule has 0 aliphatic heterocycles. The van der Waals surface area contributed by atoms with Crippen molar-refractivity contribution in [2.75, 3.05) is 5.33 Å². The molecular weight excluding hydrogens is 242 g/mol. The molecule has 0 atom stereocenters. The Bertz CT molecular complexity index is 504. The minimum atomic E-state index is 0.0893. The molecule has 1 heterocycles. The second-order valence-electron chi connectivity index (χ2n) is 3.08. The molecule has 3 heteroatoms. The summed E-state index contributed by atoms with van der Waals surface area (Å²) in [5.74, 6) is 0. The van der Waals surface area contributed by atoms with E-state index < -0.39 is 0 Å². The van der Waals surface area contributed by atoms with Gasteiger partial charge in [0.2, 0.25) is 0 Å². The molecule has 14 heavy (non-hydrogen) atoms. The van der Waals surface area contributed by atoms with Gasteiger partial charge in [0, 0.05) is 29.5 Å². The average Bonchev–Trinajstić information content (AvgIpc) is 2.23. The van der Waals surface area contributed by atoms with Gasteiger partial charge in [-0.1, -0.05) is 28.1 Å². The van der Waals surface area contributed by atoms with Crippen LogP contribution < -0.4 is 5.43 Å². The van der Waals surface area contributed by atoms with Gasteiger partial charge in [-0.15, -0.1) is 0 Å². The number of halogens is 1. The molecular formula is C11H10BrNO. The minimum absolute atomic E-state index is 0.0893. The van der Waals surface area contributed by atoms with E-state index >= 15 is 0 Å². The summed E-state index contributed by atoms with van der Waals surface area (Å²) in [6.07, 6.45) is 1.84. The molecule has 0 fully saturated rings. The van der Waals surface area contributed by atoms with Crippen LogP contribution >= 0.6 is 15.9 Å². The van der Waals surface area contributed by atoms with Crippen LogP contribution in [0.4, 0.5) is 0 Å². The number of hydrogen-bond donors (Lipinski definition) is 0. The monoisotopic (exact) mass is 251 g/mol. The molecule has 0 N–H and O–H groups in total. The van der Waals surface area contributed by atoms with Crippen LogP contribution in [0.1, 0.15) is 0 Å². The Morgan fingerprint density at radius 1 is 1.21 bits per heavy atom. The molecule has 0 amide bonds. The fourth-order valence-electron chi connectivity index (χ4n) is 1.55. The maximum absolute atomic E-state index is 11.5. The summed E-state index contributed by atoms with van der Waals surface area (Å²) in [7, 11) is 0. The Kier molecular flexibility index (Phi) is 2.68. The van der Waals surface area contributed by atoms with Crippen LogP contribution in [0.25, 0.3) is 10.9 Å². The number of para-hydroxylation sites is 1. The first kappa shape index (κ1) is 9.46. The fourth-order valence-corrected chi connectivity index (χ4v) is 1.93. The summed E-state index contributed by atoms with van der Waals surface area (Å²) < 4.78 is 2.07. The van der Waals surface area contributed by atoms with Crippen molar-refractivity contribution in [2.24, 2.45) is 0 Å². The average molecular weight is 252 g/mol. The molecule has 0 radical (unpaired) electrons. The lowest BCUT2D eigenvalue weighted by atomic mass is 10.2. The van der Waals surface area contributed by atoms with Crippen LogP contribution in [-0.4, -0.2) is 9.90 Å². The maximum atomic E-state index is 11.5. The molecule has 0 saturated carbocycles. The molecule has 72 valence electrons. The minimum Gasteiger partial charge on any atom is -0.346 e. The molecule has 2 nitrogen and oxygen atoms in total.